The molecule has 0 aliphatic rings. The number of hydrogen-bond donors (Lipinski definition) is 2. The Morgan fingerprint density at radius 3 is 2.40 bits per heavy atom. The summed E-state index contributed by atoms with van der Waals surface area (Å²) in [4.78, 5) is 0. The standard InChI is InChI=1S/C7H16N2O/c1-7(2,10-3)5-4-6(8)9/h4-5H2,1-3H3,(H3,8,9). The van der Waals surface area contributed by atoms with E-state index in [9.17, 15) is 0 Å². The Morgan fingerprint density at radius 2 is 2.10 bits per heavy atom. The minimum absolute atomic E-state index is 0.147. The highest BCUT2D eigenvalue weighted by molar-refractivity contribution is 5.76. The number of nitrogens with two attached hydrogens (primary N) is 1. The van der Waals surface area contributed by atoms with Gasteiger partial charge in [-0.15, -0.1) is 0 Å². The van der Waals surface area contributed by atoms with Crippen LogP contribution in [0.1, 0.15) is 26.7 Å². The van der Waals surface area contributed by atoms with Crippen molar-refractivity contribution in [1.29, 1.82) is 5.41 Å². The third-order valence-electron chi connectivity index (χ3n) is 1.55. The van der Waals surface area contributed by atoms with Crippen LogP contribution in [0.5, 0.6) is 0 Å². The fraction of sp³-hybridized carbons (Fsp3) is 0.857. The Morgan fingerprint density at radius 1 is 1.60 bits per heavy atom. The van der Waals surface area contributed by atoms with Crippen molar-refractivity contribution in [3.05, 3.63) is 0 Å². The molecule has 3 nitrogen and oxygen atoms in total. The number of rotatable bonds is 4. The van der Waals surface area contributed by atoms with E-state index in [1.54, 1.807) is 7.11 Å². The van der Waals surface area contributed by atoms with E-state index >= 15 is 0 Å². The molecule has 0 aromatic rings. The highest BCUT2D eigenvalue weighted by Crippen LogP contribution is 2.14. The average molecular weight is 144 g/mol. The fourth-order valence-corrected chi connectivity index (χ4v) is 0.538. The van der Waals surface area contributed by atoms with Gasteiger partial charge < -0.3 is 10.5 Å². The molecular weight excluding hydrogens is 128 g/mol. The second-order valence-electron chi connectivity index (χ2n) is 2.99. The second-order valence-corrected chi connectivity index (χ2v) is 2.99. The maximum Gasteiger partial charge on any atom is 0.0906 e. The summed E-state index contributed by atoms with van der Waals surface area (Å²) in [6, 6.07) is 0. The molecule has 3 heteroatoms. The monoisotopic (exact) mass is 144 g/mol. The Kier molecular flexibility index (Phi) is 3.36. The zero-order valence-electron chi connectivity index (χ0n) is 6.90. The van der Waals surface area contributed by atoms with Crippen LogP contribution < -0.4 is 5.73 Å². The van der Waals surface area contributed by atoms with E-state index in [4.69, 9.17) is 15.9 Å². The van der Waals surface area contributed by atoms with Crippen LogP contribution in [0.3, 0.4) is 0 Å². The molecule has 0 aliphatic heterocycles. The molecule has 0 unspecified atom stereocenters. The molecule has 0 aromatic carbocycles. The van der Waals surface area contributed by atoms with E-state index in [0.717, 1.165) is 6.42 Å². The average Bonchev–Trinajstić information content (AvgIpc) is 1.85. The molecule has 0 fully saturated rings. The molecule has 0 rings (SSSR count). The van der Waals surface area contributed by atoms with E-state index in [-0.39, 0.29) is 11.4 Å². The lowest BCUT2D eigenvalue weighted by molar-refractivity contribution is 0.0171. The molecule has 0 aliphatic carbocycles. The molecular formula is C7H16N2O. The van der Waals surface area contributed by atoms with Gasteiger partial charge in [-0.2, -0.15) is 0 Å². The van der Waals surface area contributed by atoms with Crippen molar-refractivity contribution in [2.24, 2.45) is 5.73 Å². The lowest BCUT2D eigenvalue weighted by Crippen LogP contribution is -2.24. The van der Waals surface area contributed by atoms with E-state index in [1.165, 1.54) is 0 Å². The lowest BCUT2D eigenvalue weighted by Gasteiger charge is -2.21. The van der Waals surface area contributed by atoms with E-state index in [1.807, 2.05) is 13.8 Å². The predicted molar refractivity (Wildman–Crippen MR) is 42.2 cm³/mol. The van der Waals surface area contributed by atoms with Crippen LogP contribution in [-0.4, -0.2) is 18.5 Å². The van der Waals surface area contributed by atoms with Crippen LogP contribution in [0.15, 0.2) is 0 Å². The minimum atomic E-state index is -0.147. The normalized spacial score (nSPS) is 11.5. The summed E-state index contributed by atoms with van der Waals surface area (Å²) in [5.74, 6) is 0.227. The first-order chi connectivity index (χ1) is 4.48. The summed E-state index contributed by atoms with van der Waals surface area (Å²) in [5, 5.41) is 6.97. The molecule has 0 atom stereocenters. The predicted octanol–water partition coefficient (Wildman–Crippen LogP) is 1.13. The Labute approximate surface area is 62.1 Å². The number of nitrogens with one attached hydrogen (secondary N) is 1. The van der Waals surface area contributed by atoms with E-state index in [0.29, 0.717) is 6.42 Å². The first kappa shape index (κ1) is 9.43. The maximum absolute atomic E-state index is 6.97. The molecule has 0 saturated carbocycles. The molecule has 0 aromatic heterocycles. The van der Waals surface area contributed by atoms with Gasteiger partial charge in [0, 0.05) is 13.5 Å². The molecule has 0 radical (unpaired) electrons. The van der Waals surface area contributed by atoms with Crippen LogP contribution in [0.25, 0.3) is 0 Å². The molecule has 3 N–H and O–H groups in total. The first-order valence-electron chi connectivity index (χ1n) is 3.36. The number of hydrogen-bond acceptors (Lipinski definition) is 2. The van der Waals surface area contributed by atoms with Crippen LogP contribution in [0, 0.1) is 5.41 Å². The van der Waals surface area contributed by atoms with Gasteiger partial charge in [-0.1, -0.05) is 0 Å². The van der Waals surface area contributed by atoms with Crippen LogP contribution in [-0.2, 0) is 4.74 Å². The van der Waals surface area contributed by atoms with Gasteiger partial charge in [0.15, 0.2) is 0 Å². The van der Waals surface area contributed by atoms with Gasteiger partial charge in [-0.05, 0) is 20.3 Å². The van der Waals surface area contributed by atoms with Crippen molar-refractivity contribution in [2.45, 2.75) is 32.3 Å². The summed E-state index contributed by atoms with van der Waals surface area (Å²) in [5.41, 5.74) is 5.03. The minimum Gasteiger partial charge on any atom is -0.388 e. The third kappa shape index (κ3) is 4.32. The van der Waals surface area contributed by atoms with Gasteiger partial charge >= 0.3 is 0 Å². The molecule has 0 spiro atoms. The molecule has 60 valence electrons. The zero-order chi connectivity index (χ0) is 8.20. The summed E-state index contributed by atoms with van der Waals surface area (Å²) in [6.07, 6.45) is 1.42. The molecule has 0 amide bonds. The van der Waals surface area contributed by atoms with Gasteiger partial charge in [0.2, 0.25) is 0 Å². The zero-order valence-corrected chi connectivity index (χ0v) is 6.90. The van der Waals surface area contributed by atoms with Crippen molar-refractivity contribution < 1.29 is 4.74 Å². The number of ether oxygens (including phenoxy) is 1. The number of amidine groups is 1. The van der Waals surface area contributed by atoms with Crippen molar-refractivity contribution in [1.82, 2.24) is 0 Å². The topological polar surface area (TPSA) is 59.1 Å². The fourth-order valence-electron chi connectivity index (χ4n) is 0.538. The lowest BCUT2D eigenvalue weighted by atomic mass is 10.0. The number of methoxy groups -OCH3 is 1. The van der Waals surface area contributed by atoms with Gasteiger partial charge in [0.05, 0.1) is 11.4 Å². The largest absolute Gasteiger partial charge is 0.388 e. The van der Waals surface area contributed by atoms with Crippen molar-refractivity contribution in [2.75, 3.05) is 7.11 Å². The molecule has 0 saturated heterocycles. The van der Waals surface area contributed by atoms with Crippen LogP contribution >= 0.6 is 0 Å². The van der Waals surface area contributed by atoms with E-state index < -0.39 is 0 Å². The van der Waals surface area contributed by atoms with Crippen molar-refractivity contribution >= 4 is 5.84 Å². The van der Waals surface area contributed by atoms with Crippen molar-refractivity contribution in [3.8, 4) is 0 Å². The van der Waals surface area contributed by atoms with Crippen LogP contribution in [0.2, 0.25) is 0 Å². The Hall–Kier alpha value is -0.570. The molecule has 10 heavy (non-hydrogen) atoms. The summed E-state index contributed by atoms with van der Waals surface area (Å²) < 4.78 is 5.14. The van der Waals surface area contributed by atoms with Gasteiger partial charge in [0.1, 0.15) is 0 Å². The van der Waals surface area contributed by atoms with Crippen molar-refractivity contribution in [3.63, 3.8) is 0 Å². The summed E-state index contributed by atoms with van der Waals surface area (Å²) >= 11 is 0. The van der Waals surface area contributed by atoms with E-state index in [2.05, 4.69) is 0 Å². The maximum atomic E-state index is 6.97. The first-order valence-corrected chi connectivity index (χ1v) is 3.36. The summed E-state index contributed by atoms with van der Waals surface area (Å²) in [7, 11) is 1.67. The summed E-state index contributed by atoms with van der Waals surface area (Å²) in [6.45, 7) is 3.96. The third-order valence-corrected chi connectivity index (χ3v) is 1.55. The Bertz CT molecular complexity index is 121. The SMILES string of the molecule is COC(C)(C)CCC(=N)N. The smallest absolute Gasteiger partial charge is 0.0906 e. The van der Waals surface area contributed by atoms with Gasteiger partial charge in [-0.25, -0.2) is 0 Å². The quantitative estimate of drug-likeness (QED) is 0.459. The highest BCUT2D eigenvalue weighted by Gasteiger charge is 2.15. The van der Waals surface area contributed by atoms with Gasteiger partial charge in [-0.3, -0.25) is 5.41 Å². The Balaban J connectivity index is 3.56. The molecule has 0 bridgehead atoms. The van der Waals surface area contributed by atoms with Crippen LogP contribution in [0.4, 0.5) is 0 Å². The molecule has 0 heterocycles. The highest BCUT2D eigenvalue weighted by atomic mass is 16.5. The van der Waals surface area contributed by atoms with Gasteiger partial charge in [0.25, 0.3) is 0 Å². The second kappa shape index (κ2) is 3.56.